The third-order valence-corrected chi connectivity index (χ3v) is 4.63. The van der Waals surface area contributed by atoms with E-state index >= 15 is 0 Å². The predicted molar refractivity (Wildman–Crippen MR) is 108 cm³/mol. The van der Waals surface area contributed by atoms with Crippen LogP contribution in [0, 0.1) is 0 Å². The topological polar surface area (TPSA) is 50.2 Å². The number of carbonyl (C=O) groups is 1. The van der Waals surface area contributed by atoms with Gasteiger partial charge in [0.1, 0.15) is 5.82 Å². The van der Waals surface area contributed by atoms with E-state index in [1.165, 1.54) is 0 Å². The Labute approximate surface area is 159 Å². The number of rotatable bonds is 2. The molecule has 0 spiro atoms. The van der Waals surface area contributed by atoms with Crippen LogP contribution in [0.4, 0.5) is 11.5 Å². The maximum absolute atomic E-state index is 13.3. The Kier molecular flexibility index (Phi) is 4.22. The van der Waals surface area contributed by atoms with Crippen molar-refractivity contribution in [1.29, 1.82) is 0 Å². The highest BCUT2D eigenvalue weighted by atomic mass is 16.2. The van der Waals surface area contributed by atoms with Crippen molar-refractivity contribution in [3.63, 3.8) is 0 Å². The molecular weight excluding hydrogens is 336 g/mol. The van der Waals surface area contributed by atoms with Crippen LogP contribution in [-0.2, 0) is 13.1 Å². The Morgan fingerprint density at radius 1 is 1.04 bits per heavy atom. The Hall–Kier alpha value is -3.08. The molecule has 0 radical (unpaired) electrons. The highest BCUT2D eigenvalue weighted by Crippen LogP contribution is 2.29. The van der Waals surface area contributed by atoms with Crippen LogP contribution in [0.25, 0.3) is 0 Å². The van der Waals surface area contributed by atoms with Crippen molar-refractivity contribution in [2.75, 3.05) is 10.2 Å². The molecule has 0 aliphatic carbocycles. The van der Waals surface area contributed by atoms with Gasteiger partial charge in [-0.15, -0.1) is 0 Å². The van der Waals surface area contributed by atoms with E-state index in [0.717, 1.165) is 29.3 Å². The van der Waals surface area contributed by atoms with Gasteiger partial charge in [-0.25, -0.2) is 4.98 Å². The van der Waals surface area contributed by atoms with Crippen molar-refractivity contribution in [1.82, 2.24) is 9.55 Å². The first-order valence-electron chi connectivity index (χ1n) is 9.19. The zero-order chi connectivity index (χ0) is 19.0. The van der Waals surface area contributed by atoms with Gasteiger partial charge >= 0.3 is 0 Å². The molecule has 0 bridgehead atoms. The Balaban J connectivity index is 1.67. The molecule has 2 aromatic heterocycles. The fourth-order valence-electron chi connectivity index (χ4n) is 3.40. The van der Waals surface area contributed by atoms with E-state index in [9.17, 15) is 4.79 Å². The molecule has 138 valence electrons. The monoisotopic (exact) mass is 360 g/mol. The first-order valence-corrected chi connectivity index (χ1v) is 9.19. The minimum Gasteiger partial charge on any atom is -0.365 e. The van der Waals surface area contributed by atoms with E-state index < -0.39 is 0 Å². The minimum atomic E-state index is -0.0757. The number of aromatic nitrogens is 2. The van der Waals surface area contributed by atoms with Gasteiger partial charge in [0, 0.05) is 35.9 Å². The number of anilines is 2. The second-order valence-electron chi connectivity index (χ2n) is 7.95. The molecule has 1 aliphatic rings. The number of benzene rings is 1. The van der Waals surface area contributed by atoms with Crippen LogP contribution in [0.1, 0.15) is 42.4 Å². The summed E-state index contributed by atoms with van der Waals surface area (Å²) >= 11 is 0. The first kappa shape index (κ1) is 17.3. The summed E-state index contributed by atoms with van der Waals surface area (Å²) in [5.41, 5.74) is 3.74. The number of hydrogen-bond acceptors (Lipinski definition) is 3. The number of nitrogens with zero attached hydrogens (tertiary/aromatic N) is 3. The molecule has 5 heteroatoms. The summed E-state index contributed by atoms with van der Waals surface area (Å²) in [6, 6.07) is 15.9. The van der Waals surface area contributed by atoms with Crippen molar-refractivity contribution < 1.29 is 4.79 Å². The van der Waals surface area contributed by atoms with Gasteiger partial charge in [-0.05, 0) is 56.7 Å². The zero-order valence-corrected chi connectivity index (χ0v) is 15.9. The number of nitrogens with one attached hydrogen (secondary N) is 1. The molecule has 5 nitrogen and oxygen atoms in total. The van der Waals surface area contributed by atoms with Crippen LogP contribution in [-0.4, -0.2) is 21.0 Å². The molecule has 0 saturated carbocycles. The molecular formula is C22H24N4O. The van der Waals surface area contributed by atoms with E-state index in [4.69, 9.17) is 0 Å². The van der Waals surface area contributed by atoms with Crippen molar-refractivity contribution in [3.05, 3.63) is 77.7 Å². The van der Waals surface area contributed by atoms with Crippen molar-refractivity contribution in [2.45, 2.75) is 39.4 Å². The molecule has 1 N–H and O–H groups in total. The van der Waals surface area contributed by atoms with Crippen LogP contribution in [0.15, 0.2) is 60.9 Å². The van der Waals surface area contributed by atoms with Crippen molar-refractivity contribution in [3.8, 4) is 0 Å². The van der Waals surface area contributed by atoms with Gasteiger partial charge in [0.2, 0.25) is 0 Å². The lowest BCUT2D eigenvalue weighted by Gasteiger charge is -2.23. The van der Waals surface area contributed by atoms with Crippen LogP contribution in [0.5, 0.6) is 0 Å². The van der Waals surface area contributed by atoms with E-state index in [-0.39, 0.29) is 11.4 Å². The molecule has 0 saturated heterocycles. The van der Waals surface area contributed by atoms with Gasteiger partial charge in [-0.3, -0.25) is 4.79 Å². The molecule has 0 unspecified atom stereocenters. The Morgan fingerprint density at radius 3 is 2.59 bits per heavy atom. The Bertz CT molecular complexity index is 966. The fraction of sp³-hybridized carbons (Fsp3) is 0.273. The number of amides is 1. The molecule has 1 aromatic carbocycles. The number of para-hydroxylation sites is 1. The largest absolute Gasteiger partial charge is 0.365 e. The van der Waals surface area contributed by atoms with Gasteiger partial charge in [0.25, 0.3) is 5.91 Å². The quantitative estimate of drug-likeness (QED) is 0.741. The molecule has 0 atom stereocenters. The smallest absolute Gasteiger partial charge is 0.260 e. The highest BCUT2D eigenvalue weighted by Gasteiger charge is 2.25. The fourth-order valence-corrected chi connectivity index (χ4v) is 3.40. The predicted octanol–water partition coefficient (Wildman–Crippen LogP) is 4.30. The summed E-state index contributed by atoms with van der Waals surface area (Å²) < 4.78 is 2.20. The molecule has 3 aromatic rings. The normalized spacial score (nSPS) is 13.5. The standard InChI is InChI=1S/C22H24N4O/c1-22(2,3)24-20-11-10-16(13-23-20)21(27)26-15-18-8-6-12-25(18)14-17-7-4-5-9-19(17)26/h4-13H,14-15H2,1-3H3,(H,23,24). The van der Waals surface area contributed by atoms with Gasteiger partial charge < -0.3 is 14.8 Å². The van der Waals surface area contributed by atoms with Crippen molar-refractivity contribution >= 4 is 17.4 Å². The average Bonchev–Trinajstić information content (AvgIpc) is 2.99. The first-order chi connectivity index (χ1) is 12.9. The number of hydrogen-bond donors (Lipinski definition) is 1. The Morgan fingerprint density at radius 2 is 1.85 bits per heavy atom. The molecule has 1 amide bonds. The molecule has 0 fully saturated rings. The third kappa shape index (κ3) is 3.58. The molecule has 27 heavy (non-hydrogen) atoms. The number of carbonyl (C=O) groups excluding carboxylic acids is 1. The van der Waals surface area contributed by atoms with E-state index in [1.54, 1.807) is 6.20 Å². The van der Waals surface area contributed by atoms with Crippen molar-refractivity contribution in [2.24, 2.45) is 0 Å². The lowest BCUT2D eigenvalue weighted by Crippen LogP contribution is -2.31. The average molecular weight is 360 g/mol. The maximum atomic E-state index is 13.3. The summed E-state index contributed by atoms with van der Waals surface area (Å²) in [6.45, 7) is 7.56. The SMILES string of the molecule is CC(C)(C)Nc1ccc(C(=O)N2Cc3cccn3Cc3ccccc32)cn1. The maximum Gasteiger partial charge on any atom is 0.260 e. The number of fused-ring (bicyclic) bond motifs is 2. The second-order valence-corrected chi connectivity index (χ2v) is 7.95. The van der Waals surface area contributed by atoms with Crippen LogP contribution < -0.4 is 10.2 Å². The summed E-state index contributed by atoms with van der Waals surface area (Å²) in [4.78, 5) is 19.6. The summed E-state index contributed by atoms with van der Waals surface area (Å²) in [5, 5.41) is 3.32. The van der Waals surface area contributed by atoms with E-state index in [1.807, 2.05) is 41.3 Å². The van der Waals surface area contributed by atoms with E-state index in [2.05, 4.69) is 54.0 Å². The minimum absolute atomic E-state index is 0.0353. The lowest BCUT2D eigenvalue weighted by atomic mass is 10.1. The molecule has 3 heterocycles. The highest BCUT2D eigenvalue weighted by molar-refractivity contribution is 6.06. The van der Waals surface area contributed by atoms with Crippen LogP contribution in [0.2, 0.25) is 0 Å². The summed E-state index contributed by atoms with van der Waals surface area (Å²) in [7, 11) is 0. The van der Waals surface area contributed by atoms with Crippen LogP contribution in [0.3, 0.4) is 0 Å². The zero-order valence-electron chi connectivity index (χ0n) is 15.9. The van der Waals surface area contributed by atoms with Gasteiger partial charge in [0.05, 0.1) is 12.1 Å². The van der Waals surface area contributed by atoms with E-state index in [0.29, 0.717) is 12.1 Å². The third-order valence-electron chi connectivity index (χ3n) is 4.63. The van der Waals surface area contributed by atoms with Gasteiger partial charge in [-0.1, -0.05) is 18.2 Å². The van der Waals surface area contributed by atoms with Gasteiger partial charge in [0.15, 0.2) is 0 Å². The summed E-state index contributed by atoms with van der Waals surface area (Å²) in [6.07, 6.45) is 3.72. The molecule has 4 rings (SSSR count). The van der Waals surface area contributed by atoms with Crippen LogP contribution >= 0.6 is 0 Å². The second kappa shape index (κ2) is 6.58. The lowest BCUT2D eigenvalue weighted by molar-refractivity contribution is 0.0984. The van der Waals surface area contributed by atoms with Gasteiger partial charge in [-0.2, -0.15) is 0 Å². The summed E-state index contributed by atoms with van der Waals surface area (Å²) in [5.74, 6) is 0.733. The number of pyridine rings is 1. The molecule has 1 aliphatic heterocycles.